The Morgan fingerprint density at radius 2 is 1.82 bits per heavy atom. The van der Waals surface area contributed by atoms with Crippen molar-refractivity contribution in [2.45, 2.75) is 17.7 Å². The average Bonchev–Trinajstić information content (AvgIpc) is 3.01. The van der Waals surface area contributed by atoms with Crippen molar-refractivity contribution in [1.82, 2.24) is 14.5 Å². The Morgan fingerprint density at radius 3 is 2.46 bits per heavy atom. The molecule has 1 aromatic heterocycles. The smallest absolute Gasteiger partial charge is 0.240 e. The number of aryl methyl sites for hydroxylation is 1. The van der Waals surface area contributed by atoms with Crippen molar-refractivity contribution in [3.63, 3.8) is 0 Å². The highest BCUT2D eigenvalue weighted by Gasteiger charge is 2.17. The van der Waals surface area contributed by atoms with Crippen LogP contribution in [0.3, 0.4) is 0 Å². The number of rotatable bonds is 7. The first-order valence-electron chi connectivity index (χ1n) is 8.50. The van der Waals surface area contributed by atoms with E-state index in [1.54, 1.807) is 0 Å². The molecule has 0 atom stereocenters. The lowest BCUT2D eigenvalue weighted by atomic mass is 10.1. The second kappa shape index (κ2) is 8.21. The van der Waals surface area contributed by atoms with Crippen LogP contribution in [0, 0.1) is 17.1 Å². The molecule has 3 N–H and O–H groups in total. The number of benzene rings is 2. The normalized spacial score (nSPS) is 11.3. The van der Waals surface area contributed by atoms with E-state index in [1.165, 1.54) is 16.8 Å². The number of hydrogen-bond acceptors (Lipinski definition) is 5. The summed E-state index contributed by atoms with van der Waals surface area (Å²) in [5.41, 5.74) is 7.57. The lowest BCUT2D eigenvalue weighted by molar-refractivity contribution is 0.577. The maximum atomic E-state index is 12.9. The van der Waals surface area contributed by atoms with Gasteiger partial charge in [0, 0.05) is 6.54 Å². The summed E-state index contributed by atoms with van der Waals surface area (Å²) in [7, 11) is -3.73. The van der Waals surface area contributed by atoms with Crippen LogP contribution in [-0.4, -0.2) is 24.7 Å². The van der Waals surface area contributed by atoms with Gasteiger partial charge in [0.25, 0.3) is 0 Å². The Kier molecular flexibility index (Phi) is 5.73. The molecular weight excluding hydrogens is 381 g/mol. The number of nitrogen functional groups attached to an aromatic ring is 1. The molecule has 0 unspecified atom stereocenters. The molecule has 0 spiro atoms. The van der Waals surface area contributed by atoms with Gasteiger partial charge in [-0.25, -0.2) is 22.2 Å². The van der Waals surface area contributed by atoms with Crippen molar-refractivity contribution in [1.29, 1.82) is 5.26 Å². The minimum atomic E-state index is -3.73. The zero-order chi connectivity index (χ0) is 20.1. The van der Waals surface area contributed by atoms with Crippen molar-refractivity contribution in [3.8, 4) is 11.8 Å². The first-order chi connectivity index (χ1) is 13.4. The highest BCUT2D eigenvalue weighted by Crippen LogP contribution is 2.21. The summed E-state index contributed by atoms with van der Waals surface area (Å²) >= 11 is 0. The predicted octanol–water partition coefficient (Wildman–Crippen LogP) is 2.38. The summed E-state index contributed by atoms with van der Waals surface area (Å²) in [6, 6.07) is 15.8. The van der Waals surface area contributed by atoms with Crippen LogP contribution >= 0.6 is 0 Å². The third kappa shape index (κ3) is 4.19. The molecular formula is C19H18FN5O2S. The minimum absolute atomic E-state index is 0.00999. The summed E-state index contributed by atoms with van der Waals surface area (Å²) in [4.78, 5) is -0.00999. The first kappa shape index (κ1) is 19.5. The number of halogens is 1. The topological polar surface area (TPSA) is 114 Å². The quantitative estimate of drug-likeness (QED) is 0.592. The standard InChI is InChI=1S/C19H18FN5O2S/c20-14-8-10-16(11-9-14)28(26,27)23-12-4-7-18-17(13-21)19(22)25(24-18)15-5-2-1-3-6-15/h1-3,5-6,8-11,23H,4,7,12,22H2. The van der Waals surface area contributed by atoms with Gasteiger partial charge in [0.2, 0.25) is 10.0 Å². The van der Waals surface area contributed by atoms with Crippen LogP contribution in [0.2, 0.25) is 0 Å². The van der Waals surface area contributed by atoms with E-state index < -0.39 is 15.8 Å². The third-order valence-corrected chi connectivity index (χ3v) is 5.59. The summed E-state index contributed by atoms with van der Waals surface area (Å²) < 4.78 is 41.3. The molecule has 0 aliphatic rings. The van der Waals surface area contributed by atoms with E-state index >= 15 is 0 Å². The van der Waals surface area contributed by atoms with Crippen molar-refractivity contribution in [3.05, 3.63) is 71.7 Å². The Labute approximate surface area is 162 Å². The van der Waals surface area contributed by atoms with Crippen LogP contribution in [-0.2, 0) is 16.4 Å². The summed E-state index contributed by atoms with van der Waals surface area (Å²) in [6.07, 6.45) is 0.791. The number of anilines is 1. The Bertz CT molecular complexity index is 1100. The van der Waals surface area contributed by atoms with Crippen LogP contribution in [0.25, 0.3) is 5.69 Å². The number of aromatic nitrogens is 2. The highest BCUT2D eigenvalue weighted by molar-refractivity contribution is 7.89. The molecule has 0 fully saturated rings. The second-order valence-corrected chi connectivity index (χ2v) is 7.79. The zero-order valence-electron chi connectivity index (χ0n) is 14.8. The summed E-state index contributed by atoms with van der Waals surface area (Å²) in [6.45, 7) is 0.142. The SMILES string of the molecule is N#Cc1c(CCCNS(=O)(=O)c2ccc(F)cc2)nn(-c2ccccc2)c1N. The largest absolute Gasteiger partial charge is 0.382 e. The fraction of sp³-hybridized carbons (Fsp3) is 0.158. The molecule has 0 amide bonds. The van der Waals surface area contributed by atoms with E-state index in [1.807, 2.05) is 30.3 Å². The lowest BCUT2D eigenvalue weighted by Crippen LogP contribution is -2.25. The molecule has 3 aromatic rings. The second-order valence-electron chi connectivity index (χ2n) is 6.02. The summed E-state index contributed by atoms with van der Waals surface area (Å²) in [5, 5.41) is 13.8. The van der Waals surface area contributed by atoms with Crippen molar-refractivity contribution < 1.29 is 12.8 Å². The van der Waals surface area contributed by atoms with Gasteiger partial charge in [-0.1, -0.05) is 18.2 Å². The number of hydrogen-bond donors (Lipinski definition) is 2. The first-order valence-corrected chi connectivity index (χ1v) is 9.99. The fourth-order valence-corrected chi connectivity index (χ4v) is 3.77. The van der Waals surface area contributed by atoms with Gasteiger partial charge in [-0.3, -0.25) is 0 Å². The minimum Gasteiger partial charge on any atom is -0.382 e. The van der Waals surface area contributed by atoms with Gasteiger partial charge in [0.05, 0.1) is 16.3 Å². The number of sulfonamides is 1. The number of para-hydroxylation sites is 1. The average molecular weight is 399 g/mol. The molecule has 0 aliphatic heterocycles. The molecule has 9 heteroatoms. The van der Waals surface area contributed by atoms with Gasteiger partial charge in [-0.15, -0.1) is 0 Å². The van der Waals surface area contributed by atoms with Crippen molar-refractivity contribution in [2.24, 2.45) is 0 Å². The number of nitrogens with zero attached hydrogens (tertiary/aromatic N) is 3. The van der Waals surface area contributed by atoms with Crippen LogP contribution < -0.4 is 10.5 Å². The van der Waals surface area contributed by atoms with Gasteiger partial charge in [0.15, 0.2) is 0 Å². The highest BCUT2D eigenvalue weighted by atomic mass is 32.2. The maximum Gasteiger partial charge on any atom is 0.240 e. The zero-order valence-corrected chi connectivity index (χ0v) is 15.7. The van der Waals surface area contributed by atoms with Gasteiger partial charge < -0.3 is 5.73 Å². The van der Waals surface area contributed by atoms with Crippen LogP contribution in [0.15, 0.2) is 59.5 Å². The van der Waals surface area contributed by atoms with E-state index in [0.29, 0.717) is 18.5 Å². The van der Waals surface area contributed by atoms with Gasteiger partial charge in [-0.05, 0) is 49.2 Å². The monoisotopic (exact) mass is 399 g/mol. The molecule has 0 saturated carbocycles. The predicted molar refractivity (Wildman–Crippen MR) is 103 cm³/mol. The van der Waals surface area contributed by atoms with Crippen LogP contribution in [0.5, 0.6) is 0 Å². The molecule has 3 rings (SSSR count). The molecule has 0 bridgehead atoms. The number of nitrogens with one attached hydrogen (secondary N) is 1. The Balaban J connectivity index is 1.67. The molecule has 1 heterocycles. The van der Waals surface area contributed by atoms with Gasteiger partial charge >= 0.3 is 0 Å². The molecule has 2 aromatic carbocycles. The van der Waals surface area contributed by atoms with Crippen molar-refractivity contribution in [2.75, 3.05) is 12.3 Å². The van der Waals surface area contributed by atoms with E-state index in [9.17, 15) is 18.1 Å². The molecule has 0 radical (unpaired) electrons. The van der Waals surface area contributed by atoms with E-state index in [2.05, 4.69) is 15.9 Å². The number of nitriles is 1. The fourth-order valence-electron chi connectivity index (χ4n) is 2.70. The molecule has 0 aliphatic carbocycles. The van der Waals surface area contributed by atoms with Crippen LogP contribution in [0.4, 0.5) is 10.2 Å². The van der Waals surface area contributed by atoms with Crippen molar-refractivity contribution >= 4 is 15.8 Å². The maximum absolute atomic E-state index is 12.9. The van der Waals surface area contributed by atoms with E-state index in [-0.39, 0.29) is 22.8 Å². The number of nitrogens with two attached hydrogens (primary N) is 1. The lowest BCUT2D eigenvalue weighted by Gasteiger charge is -2.06. The summed E-state index contributed by atoms with van der Waals surface area (Å²) in [5.74, 6) is -0.259. The Morgan fingerprint density at radius 1 is 1.14 bits per heavy atom. The van der Waals surface area contributed by atoms with Gasteiger partial charge in [0.1, 0.15) is 23.3 Å². The third-order valence-electron chi connectivity index (χ3n) is 4.11. The van der Waals surface area contributed by atoms with E-state index in [0.717, 1.165) is 17.8 Å². The Hall–Kier alpha value is -3.22. The molecule has 0 saturated heterocycles. The van der Waals surface area contributed by atoms with E-state index in [4.69, 9.17) is 5.73 Å². The molecule has 28 heavy (non-hydrogen) atoms. The van der Waals surface area contributed by atoms with Crippen LogP contribution in [0.1, 0.15) is 17.7 Å². The molecule has 144 valence electrons. The van der Waals surface area contributed by atoms with Gasteiger partial charge in [-0.2, -0.15) is 10.4 Å². The molecule has 7 nitrogen and oxygen atoms in total.